The summed E-state index contributed by atoms with van der Waals surface area (Å²) < 4.78 is 63.9. The first-order valence-corrected chi connectivity index (χ1v) is 12.3. The summed E-state index contributed by atoms with van der Waals surface area (Å²) >= 11 is 0. The molecule has 200 valence electrons. The zero-order valence-corrected chi connectivity index (χ0v) is 20.8. The number of alkyl halides is 3. The lowest BCUT2D eigenvalue weighted by molar-refractivity contribution is -0.137. The van der Waals surface area contributed by atoms with Crippen LogP contribution in [-0.4, -0.2) is 49.5 Å². The van der Waals surface area contributed by atoms with E-state index in [-0.39, 0.29) is 23.6 Å². The second kappa shape index (κ2) is 9.58. The summed E-state index contributed by atoms with van der Waals surface area (Å²) in [5.74, 6) is 0.0304. The Kier molecular flexibility index (Phi) is 6.19. The Morgan fingerprint density at radius 2 is 1.82 bits per heavy atom. The highest BCUT2D eigenvalue weighted by Gasteiger charge is 2.37. The highest BCUT2D eigenvalue weighted by atomic mass is 19.4. The quantitative estimate of drug-likeness (QED) is 0.274. The van der Waals surface area contributed by atoms with E-state index in [1.54, 1.807) is 48.0 Å². The molecule has 0 saturated carbocycles. The van der Waals surface area contributed by atoms with Crippen LogP contribution < -0.4 is 0 Å². The Bertz CT molecular complexity index is 1670. The Hall–Kier alpha value is -4.09. The number of oxazole rings is 1. The van der Waals surface area contributed by atoms with E-state index in [4.69, 9.17) is 4.42 Å². The topological polar surface area (TPSA) is 80.2 Å². The number of aliphatic hydroxyl groups is 1. The first-order chi connectivity index (χ1) is 18.7. The van der Waals surface area contributed by atoms with Crippen molar-refractivity contribution in [3.8, 4) is 34.0 Å². The average molecular weight is 538 g/mol. The molecular formula is C28H23F4N5O2. The SMILES string of the molecule is Cn1cnnc1-c1cc(F)ccc1-c1cccc(-c2nc3cc([C@@H](CO)N4CCC4)cc(C(F)(F)F)c3o2)c1. The maximum absolute atomic E-state index is 14.2. The zero-order chi connectivity index (χ0) is 27.3. The summed E-state index contributed by atoms with van der Waals surface area (Å²) in [5, 5.41) is 17.9. The summed E-state index contributed by atoms with van der Waals surface area (Å²) in [7, 11) is 1.74. The van der Waals surface area contributed by atoms with Gasteiger partial charge < -0.3 is 14.1 Å². The molecule has 1 saturated heterocycles. The molecule has 1 aliphatic rings. The summed E-state index contributed by atoms with van der Waals surface area (Å²) in [6.45, 7) is 1.11. The summed E-state index contributed by atoms with van der Waals surface area (Å²) in [6, 6.07) is 13.3. The lowest BCUT2D eigenvalue weighted by Gasteiger charge is -2.37. The number of nitrogens with zero attached hydrogens (tertiary/aromatic N) is 5. The van der Waals surface area contributed by atoms with Gasteiger partial charge in [0.05, 0.1) is 12.6 Å². The minimum Gasteiger partial charge on any atom is -0.435 e. The maximum atomic E-state index is 14.2. The summed E-state index contributed by atoms with van der Waals surface area (Å²) in [4.78, 5) is 6.35. The van der Waals surface area contributed by atoms with Gasteiger partial charge in [-0.15, -0.1) is 10.2 Å². The molecule has 6 rings (SSSR count). The fraction of sp³-hybridized carbons (Fsp3) is 0.250. The summed E-state index contributed by atoms with van der Waals surface area (Å²) in [5.41, 5.74) is 1.38. The molecule has 5 aromatic rings. The predicted octanol–water partition coefficient (Wildman–Crippen LogP) is 5.85. The minimum absolute atomic E-state index is 0.0151. The standard InChI is InChI=1S/C28H23F4N5O2/c1-36-15-33-35-26(36)21-13-19(29)6-7-20(21)16-4-2-5-17(10-16)27-34-23-12-18(24(14-38)37-8-3-9-37)11-22(25(23)39-27)28(30,31)32/h2,4-7,10-13,15,24,38H,3,8-9,14H2,1H3/t24-/m1/s1. The van der Waals surface area contributed by atoms with Crippen molar-refractivity contribution in [2.45, 2.75) is 18.6 Å². The number of likely N-dealkylation sites (tertiary alicyclic amines) is 1. The van der Waals surface area contributed by atoms with Gasteiger partial charge in [-0.05, 0) is 59.5 Å². The molecule has 1 atom stereocenters. The van der Waals surface area contributed by atoms with E-state index in [2.05, 4.69) is 15.2 Å². The van der Waals surface area contributed by atoms with E-state index >= 15 is 0 Å². The van der Waals surface area contributed by atoms with Crippen LogP contribution in [0.5, 0.6) is 0 Å². The van der Waals surface area contributed by atoms with Crippen LogP contribution in [0.1, 0.15) is 23.6 Å². The highest BCUT2D eigenvalue weighted by molar-refractivity contribution is 5.84. The van der Waals surface area contributed by atoms with Crippen LogP contribution in [0.15, 0.2) is 65.3 Å². The Labute approximate surface area is 220 Å². The fourth-order valence-corrected chi connectivity index (χ4v) is 4.96. The van der Waals surface area contributed by atoms with Crippen molar-refractivity contribution >= 4 is 11.1 Å². The van der Waals surface area contributed by atoms with E-state index in [1.807, 2.05) is 4.90 Å². The van der Waals surface area contributed by atoms with Gasteiger partial charge in [0.15, 0.2) is 11.4 Å². The molecule has 0 spiro atoms. The van der Waals surface area contributed by atoms with Gasteiger partial charge in [0, 0.05) is 31.3 Å². The molecule has 1 fully saturated rings. The van der Waals surface area contributed by atoms with Gasteiger partial charge in [0.2, 0.25) is 5.89 Å². The molecule has 0 bridgehead atoms. The third-order valence-electron chi connectivity index (χ3n) is 7.06. The van der Waals surface area contributed by atoms with Gasteiger partial charge >= 0.3 is 6.18 Å². The van der Waals surface area contributed by atoms with Crippen LogP contribution in [-0.2, 0) is 13.2 Å². The van der Waals surface area contributed by atoms with Crippen molar-refractivity contribution in [3.63, 3.8) is 0 Å². The monoisotopic (exact) mass is 537 g/mol. The number of hydrogen-bond acceptors (Lipinski definition) is 6. The van der Waals surface area contributed by atoms with E-state index in [0.717, 1.165) is 12.5 Å². The van der Waals surface area contributed by atoms with E-state index in [9.17, 15) is 22.7 Å². The number of aliphatic hydroxyl groups excluding tert-OH is 1. The molecular weight excluding hydrogens is 514 g/mol. The maximum Gasteiger partial charge on any atom is 0.420 e. The molecule has 3 heterocycles. The normalized spacial score (nSPS) is 15.0. The highest BCUT2D eigenvalue weighted by Crippen LogP contribution is 2.40. The van der Waals surface area contributed by atoms with Crippen LogP contribution in [0.2, 0.25) is 0 Å². The molecule has 1 N–H and O–H groups in total. The number of hydrogen-bond donors (Lipinski definition) is 1. The largest absolute Gasteiger partial charge is 0.435 e. The third-order valence-corrected chi connectivity index (χ3v) is 7.06. The number of benzene rings is 3. The van der Waals surface area contributed by atoms with Crippen molar-refractivity contribution in [2.75, 3.05) is 19.7 Å². The molecule has 0 aliphatic carbocycles. The first-order valence-electron chi connectivity index (χ1n) is 12.3. The average Bonchev–Trinajstić information content (AvgIpc) is 3.51. The number of halogens is 4. The van der Waals surface area contributed by atoms with Gasteiger partial charge in [-0.2, -0.15) is 13.2 Å². The van der Waals surface area contributed by atoms with Gasteiger partial charge in [0.1, 0.15) is 23.2 Å². The smallest absolute Gasteiger partial charge is 0.420 e. The lowest BCUT2D eigenvalue weighted by atomic mass is 9.97. The van der Waals surface area contributed by atoms with Gasteiger partial charge in [-0.1, -0.05) is 18.2 Å². The molecule has 0 radical (unpaired) electrons. The van der Waals surface area contributed by atoms with Crippen LogP contribution in [0, 0.1) is 5.82 Å². The fourth-order valence-electron chi connectivity index (χ4n) is 4.96. The van der Waals surface area contributed by atoms with E-state index in [0.29, 0.717) is 46.7 Å². The predicted molar refractivity (Wildman–Crippen MR) is 136 cm³/mol. The molecule has 39 heavy (non-hydrogen) atoms. The molecule has 7 nitrogen and oxygen atoms in total. The Morgan fingerprint density at radius 3 is 2.49 bits per heavy atom. The van der Waals surface area contributed by atoms with Gasteiger partial charge in [-0.25, -0.2) is 9.37 Å². The third kappa shape index (κ3) is 4.57. The van der Waals surface area contributed by atoms with Gasteiger partial charge in [0.25, 0.3) is 0 Å². The van der Waals surface area contributed by atoms with E-state index in [1.165, 1.54) is 18.5 Å². The number of aromatic nitrogens is 4. The number of fused-ring (bicyclic) bond motifs is 1. The number of aryl methyl sites for hydroxylation is 1. The second-order valence-corrected chi connectivity index (χ2v) is 9.56. The molecule has 0 amide bonds. The molecule has 0 unspecified atom stereocenters. The molecule has 1 aliphatic heterocycles. The van der Waals surface area contributed by atoms with Crippen molar-refractivity contribution in [1.29, 1.82) is 0 Å². The van der Waals surface area contributed by atoms with Crippen LogP contribution in [0.4, 0.5) is 17.6 Å². The van der Waals surface area contributed by atoms with Crippen LogP contribution in [0.25, 0.3) is 45.1 Å². The Balaban J connectivity index is 1.46. The molecule has 2 aromatic heterocycles. The first kappa shape index (κ1) is 25.2. The van der Waals surface area contributed by atoms with Crippen LogP contribution >= 0.6 is 0 Å². The van der Waals surface area contributed by atoms with Crippen LogP contribution in [0.3, 0.4) is 0 Å². The zero-order valence-electron chi connectivity index (χ0n) is 20.8. The Morgan fingerprint density at radius 1 is 1.03 bits per heavy atom. The minimum atomic E-state index is -4.68. The molecule has 3 aromatic carbocycles. The van der Waals surface area contributed by atoms with Crippen molar-refractivity contribution in [2.24, 2.45) is 7.05 Å². The number of rotatable bonds is 6. The lowest BCUT2D eigenvalue weighted by Crippen LogP contribution is -2.41. The van der Waals surface area contributed by atoms with Crippen molar-refractivity contribution in [1.82, 2.24) is 24.6 Å². The van der Waals surface area contributed by atoms with Crippen molar-refractivity contribution < 1.29 is 27.1 Å². The van der Waals surface area contributed by atoms with Crippen molar-refractivity contribution in [3.05, 3.63) is 77.9 Å². The van der Waals surface area contributed by atoms with Gasteiger partial charge in [-0.3, -0.25) is 4.90 Å². The second-order valence-electron chi connectivity index (χ2n) is 9.56. The molecule has 11 heteroatoms. The summed E-state index contributed by atoms with van der Waals surface area (Å²) in [6.07, 6.45) is -2.24. The van der Waals surface area contributed by atoms with E-state index < -0.39 is 23.6 Å².